The number of imidazole rings is 1. The van der Waals surface area contributed by atoms with Crippen molar-refractivity contribution in [2.45, 2.75) is 34.2 Å². The van der Waals surface area contributed by atoms with E-state index in [4.69, 9.17) is 5.73 Å². The number of aromatic nitrogens is 2. The number of nitrogens with zero attached hydrogens (tertiary/aromatic N) is 2. The first kappa shape index (κ1) is 14.3. The van der Waals surface area contributed by atoms with E-state index in [1.807, 2.05) is 7.05 Å². The number of hydrogen-bond donors (Lipinski definition) is 1. The van der Waals surface area contributed by atoms with Crippen LogP contribution in [0.15, 0.2) is 10.7 Å². The van der Waals surface area contributed by atoms with Gasteiger partial charge in [-0.15, -0.1) is 0 Å². The highest BCUT2D eigenvalue weighted by Crippen LogP contribution is 2.36. The van der Waals surface area contributed by atoms with Crippen LogP contribution in [0.2, 0.25) is 0 Å². The van der Waals surface area contributed by atoms with Gasteiger partial charge in [0.1, 0.15) is 10.4 Å². The maximum Gasteiger partial charge on any atom is 0.132 e. The molecule has 0 bridgehead atoms. The molecule has 0 amide bonds. The topological polar surface area (TPSA) is 43.8 Å². The van der Waals surface area contributed by atoms with Crippen molar-refractivity contribution >= 4 is 15.9 Å². The van der Waals surface area contributed by atoms with Gasteiger partial charge in [-0.25, -0.2) is 4.98 Å². The maximum absolute atomic E-state index is 5.74. The molecule has 19 heavy (non-hydrogen) atoms. The molecule has 2 rings (SSSR count). The van der Waals surface area contributed by atoms with Crippen LogP contribution < -0.4 is 5.73 Å². The summed E-state index contributed by atoms with van der Waals surface area (Å²) in [5, 5.41) is 0. The van der Waals surface area contributed by atoms with Gasteiger partial charge < -0.3 is 10.3 Å². The summed E-state index contributed by atoms with van der Waals surface area (Å²) < 4.78 is 2.95. The van der Waals surface area contributed by atoms with Crippen LogP contribution in [-0.4, -0.2) is 9.55 Å². The van der Waals surface area contributed by atoms with Crippen LogP contribution >= 0.6 is 15.9 Å². The number of nitrogens with two attached hydrogens (primary N) is 1. The SMILES string of the molecule is Cc1cc(C)c(C)c(-c2c(Br)nc(CN)n2C)c1C. The van der Waals surface area contributed by atoms with Crippen LogP contribution in [0.25, 0.3) is 11.3 Å². The van der Waals surface area contributed by atoms with E-state index in [0.717, 1.165) is 16.1 Å². The summed E-state index contributed by atoms with van der Waals surface area (Å²) in [6.45, 7) is 9.08. The Hall–Kier alpha value is -1.13. The Bertz CT molecular complexity index is 615. The molecule has 1 aromatic heterocycles. The summed E-state index contributed by atoms with van der Waals surface area (Å²) in [4.78, 5) is 4.50. The van der Waals surface area contributed by atoms with Crippen molar-refractivity contribution in [3.8, 4) is 11.3 Å². The molecule has 2 aromatic rings. The zero-order chi connectivity index (χ0) is 14.3. The minimum absolute atomic E-state index is 0.442. The van der Waals surface area contributed by atoms with Crippen molar-refractivity contribution in [2.24, 2.45) is 12.8 Å². The molecule has 2 N–H and O–H groups in total. The van der Waals surface area contributed by atoms with Gasteiger partial charge in [0, 0.05) is 12.6 Å². The van der Waals surface area contributed by atoms with E-state index in [0.29, 0.717) is 6.54 Å². The van der Waals surface area contributed by atoms with Crippen LogP contribution in [0.1, 0.15) is 28.1 Å². The van der Waals surface area contributed by atoms with Crippen molar-refractivity contribution in [2.75, 3.05) is 0 Å². The first-order valence-electron chi connectivity index (χ1n) is 6.37. The van der Waals surface area contributed by atoms with Gasteiger partial charge in [-0.2, -0.15) is 0 Å². The van der Waals surface area contributed by atoms with Gasteiger partial charge in [0.25, 0.3) is 0 Å². The van der Waals surface area contributed by atoms with Crippen molar-refractivity contribution < 1.29 is 0 Å². The first-order valence-corrected chi connectivity index (χ1v) is 7.16. The molecule has 0 saturated carbocycles. The van der Waals surface area contributed by atoms with Crippen LogP contribution in [0.4, 0.5) is 0 Å². The highest BCUT2D eigenvalue weighted by molar-refractivity contribution is 9.10. The minimum Gasteiger partial charge on any atom is -0.329 e. The second kappa shape index (κ2) is 5.10. The second-order valence-corrected chi connectivity index (χ2v) is 5.82. The number of aryl methyl sites for hydroxylation is 2. The molecule has 4 heteroatoms. The Morgan fingerprint density at radius 2 is 1.68 bits per heavy atom. The lowest BCUT2D eigenvalue weighted by Gasteiger charge is -2.16. The quantitative estimate of drug-likeness (QED) is 0.919. The fraction of sp³-hybridized carbons (Fsp3) is 0.400. The largest absolute Gasteiger partial charge is 0.329 e. The summed E-state index contributed by atoms with van der Waals surface area (Å²) in [5.41, 5.74) is 13.3. The Balaban J connectivity index is 2.83. The normalized spacial score (nSPS) is 11.1. The van der Waals surface area contributed by atoms with Gasteiger partial charge in [0.2, 0.25) is 0 Å². The maximum atomic E-state index is 5.74. The van der Waals surface area contributed by atoms with Gasteiger partial charge in [-0.3, -0.25) is 0 Å². The van der Waals surface area contributed by atoms with Crippen molar-refractivity contribution in [3.63, 3.8) is 0 Å². The Morgan fingerprint density at radius 3 is 2.11 bits per heavy atom. The molecule has 0 saturated heterocycles. The Morgan fingerprint density at radius 1 is 1.16 bits per heavy atom. The van der Waals surface area contributed by atoms with Gasteiger partial charge in [-0.05, 0) is 65.9 Å². The number of rotatable bonds is 2. The van der Waals surface area contributed by atoms with Crippen molar-refractivity contribution in [1.29, 1.82) is 0 Å². The number of hydrogen-bond acceptors (Lipinski definition) is 2. The molecule has 0 radical (unpaired) electrons. The van der Waals surface area contributed by atoms with Crippen LogP contribution in [0, 0.1) is 27.7 Å². The van der Waals surface area contributed by atoms with Crippen LogP contribution in [0.3, 0.4) is 0 Å². The molecule has 0 aliphatic carbocycles. The summed E-state index contributed by atoms with van der Waals surface area (Å²) in [6.07, 6.45) is 0. The zero-order valence-corrected chi connectivity index (χ0v) is 13.7. The molecule has 1 heterocycles. The average molecular weight is 322 g/mol. The molecule has 102 valence electrons. The molecule has 3 nitrogen and oxygen atoms in total. The standard InChI is InChI=1S/C15H20BrN3/c1-8-6-9(2)11(4)13(10(8)3)14-15(16)18-12(7-17)19(14)5/h6H,7,17H2,1-5H3. The fourth-order valence-electron chi connectivity index (χ4n) is 2.53. The Labute approximate surface area is 123 Å². The molecule has 0 fully saturated rings. The Kier molecular flexibility index (Phi) is 3.83. The van der Waals surface area contributed by atoms with Crippen molar-refractivity contribution in [3.05, 3.63) is 38.7 Å². The van der Waals surface area contributed by atoms with Gasteiger partial charge >= 0.3 is 0 Å². The highest BCUT2D eigenvalue weighted by Gasteiger charge is 2.19. The lowest BCUT2D eigenvalue weighted by Crippen LogP contribution is -2.06. The van der Waals surface area contributed by atoms with Gasteiger partial charge in [0.05, 0.1) is 12.2 Å². The molecule has 1 aromatic carbocycles. The van der Waals surface area contributed by atoms with Gasteiger partial charge in [-0.1, -0.05) is 6.07 Å². The van der Waals surface area contributed by atoms with E-state index in [1.54, 1.807) is 0 Å². The van der Waals surface area contributed by atoms with Gasteiger partial charge in [0.15, 0.2) is 0 Å². The molecular weight excluding hydrogens is 302 g/mol. The molecule has 0 spiro atoms. The third kappa shape index (κ3) is 2.23. The van der Waals surface area contributed by atoms with Crippen LogP contribution in [0.5, 0.6) is 0 Å². The molecule has 0 aliphatic heterocycles. The molecule has 0 aliphatic rings. The number of benzene rings is 1. The van der Waals surface area contributed by atoms with E-state index in [9.17, 15) is 0 Å². The summed E-state index contributed by atoms with van der Waals surface area (Å²) in [7, 11) is 2.02. The molecule has 0 atom stereocenters. The molecular formula is C15H20BrN3. The summed E-state index contributed by atoms with van der Waals surface area (Å²) >= 11 is 3.58. The van der Waals surface area contributed by atoms with E-state index in [1.165, 1.54) is 27.8 Å². The highest BCUT2D eigenvalue weighted by atomic mass is 79.9. The third-order valence-corrected chi connectivity index (χ3v) is 4.48. The van der Waals surface area contributed by atoms with E-state index in [2.05, 4.69) is 59.2 Å². The summed E-state index contributed by atoms with van der Waals surface area (Å²) in [5.74, 6) is 0.889. The number of halogens is 1. The fourth-order valence-corrected chi connectivity index (χ4v) is 3.20. The minimum atomic E-state index is 0.442. The summed E-state index contributed by atoms with van der Waals surface area (Å²) in [6, 6.07) is 2.24. The second-order valence-electron chi connectivity index (χ2n) is 5.07. The average Bonchev–Trinajstić information content (AvgIpc) is 2.64. The lowest BCUT2D eigenvalue weighted by atomic mass is 9.92. The third-order valence-electron chi connectivity index (χ3n) is 3.93. The van der Waals surface area contributed by atoms with Crippen molar-refractivity contribution in [1.82, 2.24) is 9.55 Å². The van der Waals surface area contributed by atoms with E-state index in [-0.39, 0.29) is 0 Å². The van der Waals surface area contributed by atoms with E-state index < -0.39 is 0 Å². The predicted molar refractivity (Wildman–Crippen MR) is 83.2 cm³/mol. The van der Waals surface area contributed by atoms with E-state index >= 15 is 0 Å². The monoisotopic (exact) mass is 321 g/mol. The molecule has 0 unspecified atom stereocenters. The predicted octanol–water partition coefficient (Wildman–Crippen LogP) is 3.54. The smallest absolute Gasteiger partial charge is 0.132 e. The zero-order valence-electron chi connectivity index (χ0n) is 12.1. The van der Waals surface area contributed by atoms with Crippen LogP contribution in [-0.2, 0) is 13.6 Å². The lowest BCUT2D eigenvalue weighted by molar-refractivity contribution is 0.797. The first-order chi connectivity index (χ1) is 8.88.